The van der Waals surface area contributed by atoms with Gasteiger partial charge in [0, 0.05) is 0 Å². The monoisotopic (exact) mass is 190 g/mol. The third kappa shape index (κ3) is 1.43. The first-order valence-electron chi connectivity index (χ1n) is 6.53. The second-order valence-corrected chi connectivity index (χ2v) is 5.87. The molecule has 2 saturated carbocycles. The largest absolute Gasteiger partial charge is 0.0707 e. The molecule has 3 rings (SSSR count). The van der Waals surface area contributed by atoms with Gasteiger partial charge in [0.25, 0.3) is 0 Å². The molecule has 3 aliphatic carbocycles. The highest BCUT2D eigenvalue weighted by atomic mass is 14.4. The Morgan fingerprint density at radius 2 is 1.93 bits per heavy atom. The fourth-order valence-electron chi connectivity index (χ4n) is 4.19. The van der Waals surface area contributed by atoms with Gasteiger partial charge in [-0.25, -0.2) is 0 Å². The number of rotatable bonds is 0. The maximum absolute atomic E-state index is 2.47. The summed E-state index contributed by atoms with van der Waals surface area (Å²) in [6, 6.07) is 0. The first-order valence-corrected chi connectivity index (χ1v) is 6.53. The van der Waals surface area contributed by atoms with Gasteiger partial charge in [0.15, 0.2) is 0 Å². The van der Waals surface area contributed by atoms with Crippen molar-refractivity contribution < 1.29 is 0 Å². The zero-order valence-electron chi connectivity index (χ0n) is 9.39. The van der Waals surface area contributed by atoms with E-state index in [4.69, 9.17) is 0 Å². The van der Waals surface area contributed by atoms with E-state index in [9.17, 15) is 0 Å². The van der Waals surface area contributed by atoms with Crippen molar-refractivity contribution in [3.63, 3.8) is 0 Å². The molecule has 3 atom stereocenters. The minimum atomic E-state index is 0.937. The zero-order chi connectivity index (χ0) is 9.54. The summed E-state index contributed by atoms with van der Waals surface area (Å²) in [5, 5.41) is 0. The van der Waals surface area contributed by atoms with Gasteiger partial charge in [-0.3, -0.25) is 0 Å². The minimum Gasteiger partial charge on any atom is -0.0707 e. The Kier molecular flexibility index (Phi) is 2.18. The summed E-state index contributed by atoms with van der Waals surface area (Å²) >= 11 is 0. The van der Waals surface area contributed by atoms with Gasteiger partial charge in [0.1, 0.15) is 0 Å². The van der Waals surface area contributed by atoms with Gasteiger partial charge >= 0.3 is 0 Å². The topological polar surface area (TPSA) is 0 Å². The van der Waals surface area contributed by atoms with Crippen molar-refractivity contribution in [1.82, 2.24) is 0 Å². The maximum Gasteiger partial charge on any atom is -0.0226 e. The SMILES string of the molecule is CC1C[C@H]2C/C1=C1/CCCC(CC1)C2. The van der Waals surface area contributed by atoms with Crippen molar-refractivity contribution in [3.05, 3.63) is 11.1 Å². The number of allylic oxidation sites excluding steroid dienone is 2. The van der Waals surface area contributed by atoms with Gasteiger partial charge in [-0.2, -0.15) is 0 Å². The van der Waals surface area contributed by atoms with Crippen molar-refractivity contribution in [2.45, 2.75) is 58.3 Å². The quantitative estimate of drug-likeness (QED) is 0.499. The molecule has 0 aliphatic heterocycles. The third-order valence-corrected chi connectivity index (χ3v) is 4.86. The highest BCUT2D eigenvalue weighted by Crippen LogP contribution is 2.47. The van der Waals surface area contributed by atoms with Gasteiger partial charge in [-0.1, -0.05) is 24.5 Å². The lowest BCUT2D eigenvalue weighted by Crippen LogP contribution is -2.06. The molecule has 14 heavy (non-hydrogen) atoms. The van der Waals surface area contributed by atoms with Crippen LogP contribution in [0.5, 0.6) is 0 Å². The van der Waals surface area contributed by atoms with Crippen molar-refractivity contribution in [2.75, 3.05) is 0 Å². The van der Waals surface area contributed by atoms with E-state index < -0.39 is 0 Å². The average Bonchev–Trinajstić information content (AvgIpc) is 2.40. The van der Waals surface area contributed by atoms with Gasteiger partial charge in [-0.15, -0.1) is 0 Å². The van der Waals surface area contributed by atoms with Gasteiger partial charge in [0.2, 0.25) is 0 Å². The fraction of sp³-hybridized carbons (Fsp3) is 0.857. The lowest BCUT2D eigenvalue weighted by Gasteiger charge is -2.19. The Balaban J connectivity index is 1.98. The Bertz CT molecular complexity index is 261. The van der Waals surface area contributed by atoms with Crippen LogP contribution in [0, 0.1) is 17.8 Å². The van der Waals surface area contributed by atoms with E-state index in [2.05, 4.69) is 6.92 Å². The molecule has 0 heterocycles. The first kappa shape index (κ1) is 9.00. The molecule has 0 N–H and O–H groups in total. The Morgan fingerprint density at radius 1 is 1.00 bits per heavy atom. The van der Waals surface area contributed by atoms with E-state index in [1.54, 1.807) is 6.42 Å². The van der Waals surface area contributed by atoms with Crippen LogP contribution in [-0.2, 0) is 0 Å². The summed E-state index contributed by atoms with van der Waals surface area (Å²) in [6.07, 6.45) is 12.0. The number of hydrogen-bond acceptors (Lipinski definition) is 0. The Labute approximate surface area is 87.8 Å². The highest BCUT2D eigenvalue weighted by molar-refractivity contribution is 5.23. The fourth-order valence-corrected chi connectivity index (χ4v) is 4.19. The zero-order valence-corrected chi connectivity index (χ0v) is 9.39. The van der Waals surface area contributed by atoms with Crippen LogP contribution in [0.4, 0.5) is 0 Å². The molecule has 0 heteroatoms. The maximum atomic E-state index is 2.47. The lowest BCUT2D eigenvalue weighted by atomic mass is 9.86. The summed E-state index contributed by atoms with van der Waals surface area (Å²) in [6.45, 7) is 2.47. The average molecular weight is 190 g/mol. The normalized spacial score (nSPS) is 47.4. The van der Waals surface area contributed by atoms with E-state index in [1.165, 1.54) is 44.9 Å². The van der Waals surface area contributed by atoms with E-state index in [-0.39, 0.29) is 0 Å². The molecule has 0 radical (unpaired) electrons. The summed E-state index contributed by atoms with van der Waals surface area (Å²) in [7, 11) is 0. The molecular formula is C14H22. The van der Waals surface area contributed by atoms with Crippen molar-refractivity contribution in [3.8, 4) is 0 Å². The Hall–Kier alpha value is -0.260. The summed E-state index contributed by atoms with van der Waals surface area (Å²) in [5.74, 6) is 3.09. The number of hydrogen-bond donors (Lipinski definition) is 0. The van der Waals surface area contributed by atoms with Crippen LogP contribution < -0.4 is 0 Å². The molecule has 78 valence electrons. The van der Waals surface area contributed by atoms with Gasteiger partial charge in [0.05, 0.1) is 0 Å². The third-order valence-electron chi connectivity index (χ3n) is 4.86. The summed E-state index contributed by atoms with van der Waals surface area (Å²) < 4.78 is 0. The molecule has 0 nitrogen and oxygen atoms in total. The molecule has 2 unspecified atom stereocenters. The van der Waals surface area contributed by atoms with Crippen LogP contribution in [0.3, 0.4) is 0 Å². The molecule has 0 aromatic rings. The predicted octanol–water partition coefficient (Wildman–Crippen LogP) is 4.31. The second-order valence-electron chi connectivity index (χ2n) is 5.87. The van der Waals surface area contributed by atoms with Crippen LogP contribution in [-0.4, -0.2) is 0 Å². The van der Waals surface area contributed by atoms with Crippen molar-refractivity contribution in [2.24, 2.45) is 17.8 Å². The van der Waals surface area contributed by atoms with Crippen LogP contribution in [0.15, 0.2) is 11.1 Å². The molecule has 4 bridgehead atoms. The summed E-state index contributed by atoms with van der Waals surface area (Å²) in [4.78, 5) is 0. The molecule has 0 saturated heterocycles. The molecule has 3 aliphatic rings. The van der Waals surface area contributed by atoms with E-state index in [0.29, 0.717) is 0 Å². The van der Waals surface area contributed by atoms with Crippen LogP contribution in [0.2, 0.25) is 0 Å². The molecule has 0 spiro atoms. The van der Waals surface area contributed by atoms with E-state index >= 15 is 0 Å². The van der Waals surface area contributed by atoms with E-state index in [1.807, 2.05) is 11.1 Å². The second kappa shape index (κ2) is 3.40. The van der Waals surface area contributed by atoms with Gasteiger partial charge in [-0.05, 0) is 62.7 Å². The van der Waals surface area contributed by atoms with Crippen LogP contribution in [0.25, 0.3) is 0 Å². The van der Waals surface area contributed by atoms with E-state index in [0.717, 1.165) is 17.8 Å². The lowest BCUT2D eigenvalue weighted by molar-refractivity contribution is 0.338. The van der Waals surface area contributed by atoms with Crippen molar-refractivity contribution in [1.29, 1.82) is 0 Å². The molecule has 0 amide bonds. The van der Waals surface area contributed by atoms with Gasteiger partial charge < -0.3 is 0 Å². The standard InChI is InChI=1S/C14H22/c1-10-7-12-8-11-3-2-4-13(6-5-11)14(10)9-12/h10-12H,2-9H2,1H3/b14-13+/t10?,11?,12-/m1/s1. The Morgan fingerprint density at radius 3 is 2.86 bits per heavy atom. The first-order chi connectivity index (χ1) is 6.83. The number of fused-ring (bicyclic) bond motifs is 5. The van der Waals surface area contributed by atoms with Crippen LogP contribution >= 0.6 is 0 Å². The smallest absolute Gasteiger partial charge is 0.0226 e. The molecule has 0 aromatic heterocycles. The summed E-state index contributed by atoms with van der Waals surface area (Å²) in [5.41, 5.74) is 3.79. The minimum absolute atomic E-state index is 0.937. The molecular weight excluding hydrogens is 168 g/mol. The molecule has 2 fully saturated rings. The highest BCUT2D eigenvalue weighted by Gasteiger charge is 2.33. The molecule has 0 aromatic carbocycles. The van der Waals surface area contributed by atoms with Crippen molar-refractivity contribution >= 4 is 0 Å². The predicted molar refractivity (Wildman–Crippen MR) is 60.1 cm³/mol. The van der Waals surface area contributed by atoms with Crippen LogP contribution in [0.1, 0.15) is 58.3 Å².